The Morgan fingerprint density at radius 2 is 1.26 bits per heavy atom. The first kappa shape index (κ1) is 21.6. The summed E-state index contributed by atoms with van der Waals surface area (Å²) < 4.78 is 0. The molecule has 2 N–H and O–H groups in total. The molecule has 0 aromatic rings. The van der Waals surface area contributed by atoms with Crippen LogP contribution in [-0.4, -0.2) is 30.7 Å². The summed E-state index contributed by atoms with van der Waals surface area (Å²) in [6.07, 6.45) is 0.487. The number of carbonyl (C=O) groups is 3. The van der Waals surface area contributed by atoms with E-state index >= 15 is 0 Å². The van der Waals surface area contributed by atoms with Gasteiger partial charge in [-0.25, -0.2) is 0 Å². The number of Topliss-reactive ketones (excluding diaryl/α,β-unsaturated/α-hetero) is 1. The lowest BCUT2D eigenvalue weighted by molar-refractivity contribution is -0.136. The average molecular weight is 326 g/mol. The molecule has 0 bridgehead atoms. The van der Waals surface area contributed by atoms with E-state index in [-0.39, 0.29) is 29.4 Å². The molecule has 0 heterocycles. The molecule has 0 aromatic carbocycles. The van der Waals surface area contributed by atoms with Crippen LogP contribution in [0.4, 0.5) is 0 Å². The van der Waals surface area contributed by atoms with Crippen molar-refractivity contribution < 1.29 is 14.4 Å². The monoisotopic (exact) mass is 326 g/mol. The molecular weight excluding hydrogens is 292 g/mol. The average Bonchev–Trinajstić information content (AvgIpc) is 2.40. The Bertz CT molecular complexity index is 438. The number of rotatable bonds is 9. The Balaban J connectivity index is 4.50. The highest BCUT2D eigenvalue weighted by Gasteiger charge is 2.39. The van der Waals surface area contributed by atoms with Crippen molar-refractivity contribution in [1.82, 2.24) is 10.6 Å². The van der Waals surface area contributed by atoms with Crippen LogP contribution in [0.1, 0.15) is 61.8 Å². The van der Waals surface area contributed by atoms with Gasteiger partial charge in [-0.1, -0.05) is 55.4 Å². The summed E-state index contributed by atoms with van der Waals surface area (Å²) in [7, 11) is 0. The normalized spacial score (nSPS) is 12.4. The van der Waals surface area contributed by atoms with Gasteiger partial charge >= 0.3 is 0 Å². The topological polar surface area (TPSA) is 75.3 Å². The van der Waals surface area contributed by atoms with Gasteiger partial charge in [0.1, 0.15) is 5.78 Å². The van der Waals surface area contributed by atoms with Gasteiger partial charge in [0, 0.05) is 35.8 Å². The largest absolute Gasteiger partial charge is 0.354 e. The summed E-state index contributed by atoms with van der Waals surface area (Å²) in [6, 6.07) is 0. The summed E-state index contributed by atoms with van der Waals surface area (Å²) in [5.41, 5.74) is -1.18. The fourth-order valence-electron chi connectivity index (χ4n) is 2.86. The van der Waals surface area contributed by atoms with Crippen molar-refractivity contribution in [3.63, 3.8) is 0 Å². The zero-order valence-corrected chi connectivity index (χ0v) is 16.0. The standard InChI is InChI=1S/C18H34N2O3/c1-12(2)14(21)17(5,6)11-18(7,8)16(23)20-10-9-19-15(22)13(3)4/h12-13H,9-11H2,1-8H3,(H,19,22)(H,20,23). The second-order valence-corrected chi connectivity index (χ2v) is 8.17. The van der Waals surface area contributed by atoms with E-state index in [1.165, 1.54) is 0 Å². The van der Waals surface area contributed by atoms with E-state index in [2.05, 4.69) is 10.6 Å². The van der Waals surface area contributed by atoms with Gasteiger partial charge in [0.2, 0.25) is 11.8 Å². The minimum atomic E-state index is -0.643. The molecule has 0 saturated carbocycles. The number of amides is 2. The molecule has 5 heteroatoms. The third kappa shape index (κ3) is 7.14. The van der Waals surface area contributed by atoms with Crippen LogP contribution in [0.2, 0.25) is 0 Å². The van der Waals surface area contributed by atoms with Crippen molar-refractivity contribution in [2.75, 3.05) is 13.1 Å². The summed E-state index contributed by atoms with van der Waals surface area (Å²) in [6.45, 7) is 15.7. The van der Waals surface area contributed by atoms with E-state index in [1.54, 1.807) is 0 Å². The van der Waals surface area contributed by atoms with Gasteiger partial charge in [0.05, 0.1) is 0 Å². The number of hydrogen-bond donors (Lipinski definition) is 2. The van der Waals surface area contributed by atoms with Crippen molar-refractivity contribution in [2.45, 2.75) is 61.8 Å². The van der Waals surface area contributed by atoms with E-state index in [4.69, 9.17) is 0 Å². The Labute approximate surface area is 141 Å². The summed E-state index contributed by atoms with van der Waals surface area (Å²) >= 11 is 0. The van der Waals surface area contributed by atoms with Crippen LogP contribution >= 0.6 is 0 Å². The highest BCUT2D eigenvalue weighted by atomic mass is 16.2. The van der Waals surface area contributed by atoms with Crippen molar-refractivity contribution in [3.8, 4) is 0 Å². The lowest BCUT2D eigenvalue weighted by atomic mass is 9.70. The maximum Gasteiger partial charge on any atom is 0.225 e. The van der Waals surface area contributed by atoms with Crippen LogP contribution in [0.25, 0.3) is 0 Å². The van der Waals surface area contributed by atoms with E-state index in [0.29, 0.717) is 19.5 Å². The van der Waals surface area contributed by atoms with E-state index in [0.717, 1.165) is 0 Å². The smallest absolute Gasteiger partial charge is 0.225 e. The predicted molar refractivity (Wildman–Crippen MR) is 92.9 cm³/mol. The zero-order valence-electron chi connectivity index (χ0n) is 16.0. The summed E-state index contributed by atoms with van der Waals surface area (Å²) in [4.78, 5) is 36.1. The number of nitrogens with one attached hydrogen (secondary N) is 2. The predicted octanol–water partition coefficient (Wildman–Crippen LogP) is 2.54. The third-order valence-corrected chi connectivity index (χ3v) is 3.92. The molecule has 0 aliphatic carbocycles. The van der Waals surface area contributed by atoms with E-state index in [9.17, 15) is 14.4 Å². The number of hydrogen-bond acceptors (Lipinski definition) is 3. The fraction of sp³-hybridized carbons (Fsp3) is 0.833. The fourth-order valence-corrected chi connectivity index (χ4v) is 2.86. The molecule has 2 amide bonds. The van der Waals surface area contributed by atoms with Gasteiger partial charge in [-0.05, 0) is 6.42 Å². The van der Waals surface area contributed by atoms with Gasteiger partial charge in [-0.15, -0.1) is 0 Å². The molecule has 0 rings (SSSR count). The van der Waals surface area contributed by atoms with Crippen LogP contribution in [0.5, 0.6) is 0 Å². The van der Waals surface area contributed by atoms with Crippen molar-refractivity contribution in [2.24, 2.45) is 22.7 Å². The van der Waals surface area contributed by atoms with Gasteiger partial charge in [0.15, 0.2) is 0 Å². The summed E-state index contributed by atoms with van der Waals surface area (Å²) in [5, 5.41) is 5.61. The molecule has 0 aromatic heterocycles. The maximum atomic E-state index is 12.4. The first-order valence-electron chi connectivity index (χ1n) is 8.41. The molecule has 5 nitrogen and oxygen atoms in total. The molecular formula is C18H34N2O3. The second kappa shape index (κ2) is 8.46. The molecule has 23 heavy (non-hydrogen) atoms. The first-order valence-corrected chi connectivity index (χ1v) is 8.41. The van der Waals surface area contributed by atoms with Gasteiger partial charge in [-0.3, -0.25) is 14.4 Å². The molecule has 0 aliphatic heterocycles. The minimum absolute atomic E-state index is 0.0258. The second-order valence-electron chi connectivity index (χ2n) is 8.17. The zero-order chi connectivity index (χ0) is 18.4. The molecule has 0 saturated heterocycles. The van der Waals surface area contributed by atoms with Crippen LogP contribution in [0.15, 0.2) is 0 Å². The highest BCUT2D eigenvalue weighted by molar-refractivity contribution is 5.88. The maximum absolute atomic E-state index is 12.4. The third-order valence-electron chi connectivity index (χ3n) is 3.92. The Morgan fingerprint density at radius 1 is 0.783 bits per heavy atom. The molecule has 0 unspecified atom stereocenters. The first-order chi connectivity index (χ1) is 10.3. The SMILES string of the molecule is CC(C)C(=O)NCCNC(=O)C(C)(C)CC(C)(C)C(=O)C(C)C. The molecule has 0 atom stereocenters. The van der Waals surface area contributed by atoms with Gasteiger partial charge in [0.25, 0.3) is 0 Å². The Morgan fingerprint density at radius 3 is 1.70 bits per heavy atom. The number of carbonyl (C=O) groups excluding carboxylic acids is 3. The van der Waals surface area contributed by atoms with Crippen molar-refractivity contribution >= 4 is 17.6 Å². The van der Waals surface area contributed by atoms with Gasteiger partial charge < -0.3 is 10.6 Å². The van der Waals surface area contributed by atoms with Gasteiger partial charge in [-0.2, -0.15) is 0 Å². The van der Waals surface area contributed by atoms with Crippen LogP contribution in [-0.2, 0) is 14.4 Å². The molecule has 0 aliphatic rings. The number of ketones is 1. The highest BCUT2D eigenvalue weighted by Crippen LogP contribution is 2.36. The molecule has 0 fully saturated rings. The van der Waals surface area contributed by atoms with Crippen molar-refractivity contribution in [1.29, 1.82) is 0 Å². The van der Waals surface area contributed by atoms with Crippen LogP contribution < -0.4 is 10.6 Å². The van der Waals surface area contributed by atoms with E-state index < -0.39 is 10.8 Å². The lowest BCUT2D eigenvalue weighted by Crippen LogP contribution is -2.44. The molecule has 134 valence electrons. The van der Waals surface area contributed by atoms with Crippen molar-refractivity contribution in [3.05, 3.63) is 0 Å². The van der Waals surface area contributed by atoms with Crippen LogP contribution in [0.3, 0.4) is 0 Å². The molecule has 0 radical (unpaired) electrons. The minimum Gasteiger partial charge on any atom is -0.354 e. The van der Waals surface area contributed by atoms with E-state index in [1.807, 2.05) is 55.4 Å². The van der Waals surface area contributed by atoms with Crippen LogP contribution in [0, 0.1) is 22.7 Å². The Kier molecular flexibility index (Phi) is 7.95. The summed E-state index contributed by atoms with van der Waals surface area (Å²) in [5.74, 6) is -0.0641. The Hall–Kier alpha value is -1.39. The quantitative estimate of drug-likeness (QED) is 0.639. The molecule has 0 spiro atoms. The lowest BCUT2D eigenvalue weighted by Gasteiger charge is -2.34.